The zero-order chi connectivity index (χ0) is 109. The predicted octanol–water partition coefficient (Wildman–Crippen LogP) is -29.2. The third-order valence-corrected chi connectivity index (χ3v) is 28.2. The number of hydrogen-bond acceptors (Lipinski definition) is 68. The van der Waals surface area contributed by atoms with Crippen LogP contribution in [-0.2, 0) is 127 Å². The van der Waals surface area contributed by atoms with E-state index in [4.69, 9.17) is 123 Å². The summed E-state index contributed by atoms with van der Waals surface area (Å²) in [5.74, 6) is 0. The minimum absolute atomic E-state index is 0.900. The summed E-state index contributed by atoms with van der Waals surface area (Å²) < 4.78 is 161. The highest BCUT2D eigenvalue weighted by Crippen LogP contribution is 2.48. The lowest BCUT2D eigenvalue weighted by Gasteiger charge is -2.50. The van der Waals surface area contributed by atoms with Gasteiger partial charge >= 0.3 is 7.82 Å². The average molecular weight is 2210 g/mol. The highest BCUT2D eigenvalue weighted by atomic mass is 31.2. The number of aliphatic hydroxyl groups excluding tert-OH is 41. The zero-order valence-electron chi connectivity index (χ0n) is 77.0. The third-order valence-electron chi connectivity index (χ3n) is 27.3. The molecule has 0 aromatic heterocycles. The molecule has 864 valence electrons. The molecule has 13 aliphatic heterocycles. The van der Waals surface area contributed by atoms with E-state index >= 15 is 0 Å². The van der Waals surface area contributed by atoms with Crippen molar-refractivity contribution in [1.29, 1.82) is 0 Å². The lowest BCUT2D eigenvalue weighted by atomic mass is 9.95. The summed E-state index contributed by atoms with van der Waals surface area (Å²) >= 11 is 0. The lowest BCUT2D eigenvalue weighted by molar-refractivity contribution is -0.401. The molecule has 0 aromatic rings. The van der Waals surface area contributed by atoms with Crippen molar-refractivity contribution in [2.24, 2.45) is 0 Å². The fraction of sp³-hybridized carbons (Fsp3) is 1.00. The van der Waals surface area contributed by atoms with Gasteiger partial charge in [-0.15, -0.1) is 0 Å². The quantitative estimate of drug-likeness (QED) is 0.0254. The van der Waals surface area contributed by atoms with Crippen molar-refractivity contribution in [3.8, 4) is 0 Å². The van der Waals surface area contributed by atoms with Crippen molar-refractivity contribution in [2.75, 3.05) is 85.9 Å². The van der Waals surface area contributed by atoms with Crippen molar-refractivity contribution in [2.45, 2.75) is 399 Å². The molecule has 13 rings (SSSR count). The van der Waals surface area contributed by atoms with Crippen LogP contribution in [0.15, 0.2) is 0 Å². The molecule has 1 unspecified atom stereocenters. The van der Waals surface area contributed by atoms with Gasteiger partial charge in [0.25, 0.3) is 0 Å². The van der Waals surface area contributed by atoms with Crippen LogP contribution in [0.3, 0.4) is 0 Å². The number of phosphoric acid groups is 1. The van der Waals surface area contributed by atoms with E-state index in [1.165, 1.54) is 0 Å². The van der Waals surface area contributed by atoms with Gasteiger partial charge in [0.15, 0.2) is 81.8 Å². The van der Waals surface area contributed by atoms with E-state index in [0.29, 0.717) is 0 Å². The van der Waals surface area contributed by atoms with E-state index in [9.17, 15) is 219 Å². The Labute approximate surface area is 832 Å². The Bertz CT molecular complexity index is 4010. The first-order valence-corrected chi connectivity index (χ1v) is 48.0. The predicted molar refractivity (Wildman–Crippen MR) is 438 cm³/mol. The van der Waals surface area contributed by atoms with Crippen molar-refractivity contribution in [3.05, 3.63) is 0 Å². The lowest BCUT2D eigenvalue weighted by Crippen LogP contribution is -2.68. The Morgan fingerprint density at radius 2 is 0.338 bits per heavy atom. The number of ether oxygens (including phenoxy) is 24. The van der Waals surface area contributed by atoms with Crippen LogP contribution >= 0.6 is 7.82 Å². The van der Waals surface area contributed by atoms with Gasteiger partial charge in [-0.1, -0.05) is 0 Å². The number of rotatable bonds is 39. The van der Waals surface area contributed by atoms with Crippen LogP contribution in [0.25, 0.3) is 0 Å². The maximum atomic E-state index is 13.5. The molecule has 13 heterocycles. The van der Waals surface area contributed by atoms with Gasteiger partial charge in [0, 0.05) is 0 Å². The molecule has 0 spiro atoms. The maximum Gasteiger partial charge on any atom is 0.474 e. The molecular weight excluding hydrogens is 2070 g/mol. The summed E-state index contributed by atoms with van der Waals surface area (Å²) in [7, 11) is -5.71. The second-order valence-electron chi connectivity index (χ2n) is 37.3. The van der Waals surface area contributed by atoms with E-state index < -0.39 is 493 Å². The Balaban J connectivity index is 0.771. The molecule has 0 aliphatic carbocycles. The highest BCUT2D eigenvalue weighted by molar-refractivity contribution is 7.47. The monoisotopic (exact) mass is 2200 g/mol. The van der Waals surface area contributed by atoms with Crippen molar-refractivity contribution in [3.63, 3.8) is 0 Å². The molecule has 0 amide bonds. The first-order valence-electron chi connectivity index (χ1n) is 46.5. The first-order chi connectivity index (χ1) is 69.8. The van der Waals surface area contributed by atoms with Crippen molar-refractivity contribution in [1.82, 2.24) is 0 Å². The van der Waals surface area contributed by atoms with E-state index in [1.54, 1.807) is 0 Å². The minimum Gasteiger partial charge on any atom is -0.394 e. The van der Waals surface area contributed by atoms with Crippen LogP contribution in [0.1, 0.15) is 0 Å². The van der Waals surface area contributed by atoms with Gasteiger partial charge in [0.1, 0.15) is 317 Å². The normalized spacial score (nSPS) is 53.2. The van der Waals surface area contributed by atoms with Gasteiger partial charge in [0.2, 0.25) is 0 Å². The SMILES string of the molecule is O=P(O)(OC[C@H]1O[C@H](OC[C@H]2O[C@H](OC[C@H]3O[C@H](OC[C@H]4O[C@H](OC[C@H]5O[C@@H](O)[C@H](O)[C@@H](O)[C@@H]5O)[C@@H](O[C@H]5O[C@H](CO[C@H]6O[C@H](CO)[C@@H](O)[C@H](O)[C@@H]6O)[C@@H](O)[C@H](O)[C@@H]5O)[C@@H](O)[C@@H]4O[C@H]4O[C@H](CO[C@H]5O[C@H](CO)[C@@H](O)[C@H](O)[C@@H]5O)[C@@H](O)[C@H](O)[C@@H]4O)[C@@H](O[C@H]4O[C@H](CO[C@H]5O[C@H](CO)[C@@H](O)[C@H](O)[C@@H]5O)[C@@H](O)[C@H](O)[C@@H]4O)[C@@H](O)[C@@H]3O)[C@@H](O)[C@@H](O)[C@@H]2O)[C@@H](O)[C@@H](O)[C@@H]1O)O[C@H]1O[C@H](CO[C@H]2O[C@H](CO)[C@@H](O)[C@H](O)[C@@H]2O)[C@@H](O)[C@H](O)[C@@H]1O. The number of aliphatic hydroxyl groups is 41. The average Bonchev–Trinajstić information content (AvgIpc) is 0.753. The smallest absolute Gasteiger partial charge is 0.394 e. The summed E-state index contributed by atoms with van der Waals surface area (Å²) in [5, 5.41) is 450. The second kappa shape index (κ2) is 52.8. The highest BCUT2D eigenvalue weighted by Gasteiger charge is 2.62. The number of phosphoric ester groups is 1. The largest absolute Gasteiger partial charge is 0.474 e. The van der Waals surface area contributed by atoms with Crippen LogP contribution in [-0.4, -0.2) is 699 Å². The maximum absolute atomic E-state index is 13.5. The van der Waals surface area contributed by atoms with Gasteiger partial charge < -0.3 is 328 Å². The molecular formula is C78H133O69P. The Kier molecular flexibility index (Phi) is 43.7. The first kappa shape index (κ1) is 122. The molecule has 13 saturated heterocycles. The molecule has 0 bridgehead atoms. The third kappa shape index (κ3) is 27.0. The van der Waals surface area contributed by atoms with E-state index in [-0.39, 0.29) is 0 Å². The zero-order valence-corrected chi connectivity index (χ0v) is 77.9. The summed E-state index contributed by atoms with van der Waals surface area (Å²) in [6, 6.07) is 0. The molecule has 0 aromatic carbocycles. The van der Waals surface area contributed by atoms with Crippen LogP contribution in [0.4, 0.5) is 0 Å². The minimum atomic E-state index is -5.71. The fourth-order valence-electron chi connectivity index (χ4n) is 18.0. The molecule has 69 nitrogen and oxygen atoms in total. The van der Waals surface area contributed by atoms with E-state index in [1.807, 2.05) is 0 Å². The van der Waals surface area contributed by atoms with Gasteiger partial charge in [-0.2, -0.15) is 0 Å². The van der Waals surface area contributed by atoms with Gasteiger partial charge in [-0.3, -0.25) is 9.05 Å². The molecule has 0 saturated carbocycles. The summed E-state index contributed by atoms with van der Waals surface area (Å²) in [4.78, 5) is 10.9. The van der Waals surface area contributed by atoms with E-state index in [2.05, 4.69) is 0 Å². The Morgan fingerprint density at radius 1 is 0.162 bits per heavy atom. The Hall–Kier alpha value is -2.49. The van der Waals surface area contributed by atoms with Gasteiger partial charge in [-0.25, -0.2) is 4.57 Å². The summed E-state index contributed by atoms with van der Waals surface area (Å²) in [5.41, 5.74) is 0. The number of hydrogen-bond donors (Lipinski definition) is 42. The van der Waals surface area contributed by atoms with Crippen LogP contribution < -0.4 is 0 Å². The van der Waals surface area contributed by atoms with Gasteiger partial charge in [-0.05, 0) is 0 Å². The van der Waals surface area contributed by atoms with Crippen LogP contribution in [0.5, 0.6) is 0 Å². The molecule has 42 N–H and O–H groups in total. The second-order valence-corrected chi connectivity index (χ2v) is 38.7. The fourth-order valence-corrected chi connectivity index (χ4v) is 18.9. The summed E-state index contributed by atoms with van der Waals surface area (Å²) in [6.45, 7) is -14.5. The molecule has 66 atom stereocenters. The van der Waals surface area contributed by atoms with Crippen LogP contribution in [0.2, 0.25) is 0 Å². The van der Waals surface area contributed by atoms with Crippen LogP contribution in [0, 0.1) is 0 Å². The molecule has 13 aliphatic rings. The molecule has 70 heteroatoms. The summed E-state index contributed by atoms with van der Waals surface area (Å²) in [6.07, 6.45) is -144. The van der Waals surface area contributed by atoms with Crippen molar-refractivity contribution < 1.29 is 342 Å². The molecule has 13 fully saturated rings. The Morgan fingerprint density at radius 3 is 0.615 bits per heavy atom. The van der Waals surface area contributed by atoms with Gasteiger partial charge in [0.05, 0.1) is 85.9 Å². The standard InChI is InChI=1S/C78H133O69P/c79-1-14-27(83)40(96)52(108)67(132-14)122-7-20-33(89)46(102)58(114)73(138-20)144-63-26(143-78(128-5-18-31(87)39(95)51(107)66(119)131-18)65(62(63)118)146-75-60(116)48(104)35(91)22(140-75)9-124-69-54(110)42(98)29(85)16(3-81)134-69)12-129-77-64(145-74-59(115)47(103)34(90)21(139-74)8-123-68-53(109)41(97)28(84)15(2-80)133-68)50(106)38(94)24(142-77)11-127-71-56(112)44(100)32(88)19(136-71)6-126-72-57(113)45(101)37(93)25(137-72)13-130-148(120,121)147-76-61(117)49(105)36(92)23(141-76)10-125-70-55(111)43(99)30(86)17(4-82)135-70/h14-119H,1-13H2,(H,120,121)/t14-,15-,16-,17-,18-,19-,20-,21-,22-,23-,24-,25-,26-,27-,28-,29-,30-,31-,32-,33-,34-,35-,36-,37-,38-,39+,40+,41+,42+,43+,44+,45+,46+,47+,48+,49+,50+,51-,52+,53+,54+,55+,56+,57+,58+,59+,60+,61+,62+,63-,64+,65+,66-,67+,68+,69+,70+,71+,72+,73-,74-,75-,76-,77+,78+/m1/s1. The van der Waals surface area contributed by atoms with E-state index in [0.717, 1.165) is 0 Å². The van der Waals surface area contributed by atoms with Crippen molar-refractivity contribution >= 4 is 7.82 Å². The topological polar surface area (TPSA) is 1110 Å². The molecule has 148 heavy (non-hydrogen) atoms. The molecule has 0 radical (unpaired) electrons.